The third-order valence-corrected chi connectivity index (χ3v) is 9.47. The third-order valence-electron chi connectivity index (χ3n) is 9.47. The minimum Gasteiger partial charge on any atom is -0.557 e. The van der Waals surface area contributed by atoms with Gasteiger partial charge in [0.05, 0.1) is 22.5 Å². The zero-order valence-corrected chi connectivity index (χ0v) is 32.6. The van der Waals surface area contributed by atoms with E-state index in [2.05, 4.69) is 151 Å². The molecule has 0 bridgehead atoms. The van der Waals surface area contributed by atoms with Crippen molar-refractivity contribution in [1.82, 2.24) is 14.5 Å². The number of nitrogens with zero attached hydrogens (tertiary/aromatic N) is 3. The predicted octanol–water partition coefficient (Wildman–Crippen LogP) is 13.2. The average molecular weight is 896 g/mol. The number of aromatic nitrogens is 3. The molecule has 3 heterocycles. The van der Waals surface area contributed by atoms with E-state index in [1.54, 1.807) is 12.1 Å². The standard InChI is InChI=1S/C37H27N2O.C13H12N.Ir/c1-3-25(2)28-21-22-35-31(23-28)32(24-40-35)37-38-33-19-10-11-20-34(33)39(37)36-29(26-13-6-4-7-14-26)17-12-18-30(36)27-15-8-5-9-16-27;1-10-3-6-12(7-4-10)13-8-5-11(2)9-14-13;/h3-23H,1-2H3;3-6,8-9H,1-2H3;/q2*-1;/b25-3-;;/i;1D3,2D3;. The summed E-state index contributed by atoms with van der Waals surface area (Å²) in [5.74, 6) is 0.802. The number of hydrogen-bond donors (Lipinski definition) is 0. The largest absolute Gasteiger partial charge is 0.557 e. The van der Waals surface area contributed by atoms with Crippen LogP contribution in [-0.2, 0) is 20.1 Å². The molecule has 4 nitrogen and oxygen atoms in total. The predicted molar refractivity (Wildman–Crippen MR) is 223 cm³/mol. The molecular formula is C50H39IrN3O-2. The van der Waals surface area contributed by atoms with Crippen molar-refractivity contribution in [3.63, 3.8) is 0 Å². The van der Waals surface area contributed by atoms with Crippen LogP contribution in [0.4, 0.5) is 0 Å². The van der Waals surface area contributed by atoms with Crippen LogP contribution in [0.5, 0.6) is 0 Å². The second-order valence-electron chi connectivity index (χ2n) is 12.9. The van der Waals surface area contributed by atoms with Gasteiger partial charge >= 0.3 is 0 Å². The molecule has 1 radical (unpaired) electrons. The number of furan rings is 1. The van der Waals surface area contributed by atoms with Gasteiger partial charge in [0.15, 0.2) is 0 Å². The van der Waals surface area contributed by atoms with Crippen molar-refractivity contribution in [2.24, 2.45) is 0 Å². The Hall–Kier alpha value is -6.13. The average Bonchev–Trinajstić information content (AvgIpc) is 3.87. The first kappa shape index (κ1) is 30.2. The van der Waals surface area contributed by atoms with Gasteiger partial charge in [-0.15, -0.1) is 35.4 Å². The second kappa shape index (κ2) is 16.5. The van der Waals surface area contributed by atoms with Crippen molar-refractivity contribution in [2.45, 2.75) is 27.6 Å². The van der Waals surface area contributed by atoms with Gasteiger partial charge < -0.3 is 14.0 Å². The Kier molecular flexibility index (Phi) is 9.06. The molecule has 9 aromatic rings. The monoisotopic (exact) mass is 896 g/mol. The van der Waals surface area contributed by atoms with Gasteiger partial charge in [-0.2, -0.15) is 0 Å². The first-order chi connectivity index (χ1) is 28.9. The van der Waals surface area contributed by atoms with Crippen LogP contribution >= 0.6 is 0 Å². The van der Waals surface area contributed by atoms with Crippen LogP contribution in [0, 0.1) is 26.0 Å². The zero-order valence-electron chi connectivity index (χ0n) is 36.2. The summed E-state index contributed by atoms with van der Waals surface area (Å²) in [5, 5.41) is 0.994. The summed E-state index contributed by atoms with van der Waals surface area (Å²) in [4.78, 5) is 9.28. The summed E-state index contributed by atoms with van der Waals surface area (Å²) in [6, 6.07) is 52.7. The second-order valence-corrected chi connectivity index (χ2v) is 12.9. The maximum Gasteiger partial charge on any atom is 0.0774 e. The Labute approximate surface area is 344 Å². The van der Waals surface area contributed by atoms with Crippen LogP contribution in [-0.4, -0.2) is 14.5 Å². The molecule has 3 aromatic heterocycles. The fraction of sp³-hybridized carbons (Fsp3) is 0.0800. The Morgan fingerprint density at radius 2 is 1.44 bits per heavy atom. The van der Waals surface area contributed by atoms with Crippen LogP contribution in [0.25, 0.3) is 78.2 Å². The Morgan fingerprint density at radius 1 is 0.745 bits per heavy atom. The molecule has 55 heavy (non-hydrogen) atoms. The van der Waals surface area contributed by atoms with Gasteiger partial charge in [0.25, 0.3) is 0 Å². The van der Waals surface area contributed by atoms with Gasteiger partial charge in [-0.3, -0.25) is 4.98 Å². The quantitative estimate of drug-likeness (QED) is 0.156. The number of hydrogen-bond acceptors (Lipinski definition) is 3. The summed E-state index contributed by atoms with van der Waals surface area (Å²) in [6.45, 7) is -0.150. The van der Waals surface area contributed by atoms with Crippen molar-refractivity contribution in [3.05, 3.63) is 193 Å². The van der Waals surface area contributed by atoms with Crippen LogP contribution in [0.3, 0.4) is 0 Å². The van der Waals surface area contributed by atoms with Crippen LogP contribution < -0.4 is 0 Å². The molecule has 6 aromatic carbocycles. The molecule has 271 valence electrons. The molecule has 0 amide bonds. The number of benzene rings is 6. The van der Waals surface area contributed by atoms with Crippen LogP contribution in [0.1, 0.15) is 38.8 Å². The number of fused-ring (bicyclic) bond motifs is 2. The van der Waals surface area contributed by atoms with Crippen LogP contribution in [0.2, 0.25) is 0 Å². The molecule has 0 saturated carbocycles. The van der Waals surface area contributed by atoms with Crippen LogP contribution in [0.15, 0.2) is 168 Å². The minimum atomic E-state index is -2.18. The number of allylic oxidation sites excluding steroid dienone is 2. The first-order valence-corrected chi connectivity index (χ1v) is 17.7. The molecule has 0 spiro atoms. The van der Waals surface area contributed by atoms with Crippen molar-refractivity contribution in [1.29, 1.82) is 0 Å². The van der Waals surface area contributed by atoms with E-state index < -0.39 is 13.7 Å². The summed E-state index contributed by atoms with van der Waals surface area (Å²) in [5.41, 5.74) is 13.1. The maximum absolute atomic E-state index is 7.28. The molecule has 0 fully saturated rings. The van der Waals surface area contributed by atoms with E-state index in [9.17, 15) is 0 Å². The van der Waals surface area contributed by atoms with Crippen molar-refractivity contribution in [3.8, 4) is 50.6 Å². The van der Waals surface area contributed by atoms with Gasteiger partial charge in [-0.05, 0) is 66.4 Å². The molecule has 0 unspecified atom stereocenters. The van der Waals surface area contributed by atoms with Gasteiger partial charge in [-0.25, -0.2) is 0 Å². The fourth-order valence-electron chi connectivity index (χ4n) is 6.60. The normalized spacial score (nSPS) is 13.3. The number of rotatable bonds is 6. The molecular weight excluding hydrogens is 851 g/mol. The van der Waals surface area contributed by atoms with Gasteiger partial charge in [0.2, 0.25) is 0 Å². The van der Waals surface area contributed by atoms with Gasteiger partial charge in [0.1, 0.15) is 0 Å². The van der Waals surface area contributed by atoms with Gasteiger partial charge in [-0.1, -0.05) is 145 Å². The first-order valence-electron chi connectivity index (χ1n) is 20.7. The van der Waals surface area contributed by atoms with Crippen molar-refractivity contribution in [2.75, 3.05) is 0 Å². The zero-order chi connectivity index (χ0) is 42.0. The smallest absolute Gasteiger partial charge is 0.0774 e. The summed E-state index contributed by atoms with van der Waals surface area (Å²) >= 11 is 0. The minimum absolute atomic E-state index is 0. The van der Waals surface area contributed by atoms with E-state index in [0.717, 1.165) is 66.9 Å². The van der Waals surface area contributed by atoms with Crippen molar-refractivity contribution < 1.29 is 32.7 Å². The Balaban J connectivity index is 0.000000226. The van der Waals surface area contributed by atoms with E-state index in [4.69, 9.17) is 17.6 Å². The fourth-order valence-corrected chi connectivity index (χ4v) is 6.60. The Morgan fingerprint density at radius 3 is 2.07 bits per heavy atom. The topological polar surface area (TPSA) is 43.9 Å². The molecule has 9 rings (SSSR count). The maximum atomic E-state index is 7.28. The van der Waals surface area contributed by atoms with E-state index in [1.807, 2.05) is 12.1 Å². The molecule has 0 saturated heterocycles. The molecule has 5 heteroatoms. The molecule has 0 aliphatic heterocycles. The summed E-state index contributed by atoms with van der Waals surface area (Å²) in [6.07, 6.45) is 6.65. The van der Waals surface area contributed by atoms with Gasteiger partial charge in [0, 0.05) is 57.5 Å². The SMILES string of the molecule is C/C=C(/C)c1ccc2o[c-]c(-c3nc4ccccc4n3-c3c(-c4ccccc4)cccc3-c3ccccc3)c2c1.[2H]C([2H])([2H])c1c[c-]c(-c2ccc(C([2H])([2H])[2H])cn2)cc1.[Ir]. The number of pyridine rings is 1. The van der Waals surface area contributed by atoms with E-state index in [0.29, 0.717) is 11.3 Å². The van der Waals surface area contributed by atoms with E-state index >= 15 is 0 Å². The van der Waals surface area contributed by atoms with E-state index in [1.165, 1.54) is 30.0 Å². The summed E-state index contributed by atoms with van der Waals surface area (Å²) in [7, 11) is 0. The third kappa shape index (κ3) is 7.63. The Bertz CT molecular complexity index is 2840. The number of aryl methyl sites for hydroxylation is 2. The number of para-hydroxylation sites is 3. The summed E-state index contributed by atoms with van der Waals surface area (Å²) < 4.78 is 51.9. The molecule has 0 N–H and O–H groups in total. The van der Waals surface area contributed by atoms with Crippen molar-refractivity contribution >= 4 is 27.6 Å². The van der Waals surface area contributed by atoms with E-state index in [-0.39, 0.29) is 31.2 Å². The molecule has 0 aliphatic rings. The molecule has 0 aliphatic carbocycles. The number of imidazole rings is 1. The molecule has 0 atom stereocenters.